The van der Waals surface area contributed by atoms with Crippen molar-refractivity contribution >= 4 is 32.6 Å². The molecule has 130 valence electrons. The van der Waals surface area contributed by atoms with Gasteiger partial charge in [-0.3, -0.25) is 15.0 Å². The summed E-state index contributed by atoms with van der Waals surface area (Å²) in [7, 11) is 0. The lowest BCUT2D eigenvalue weighted by atomic mass is 10.1. The number of benzene rings is 2. The molecule has 0 radical (unpaired) electrons. The van der Waals surface area contributed by atoms with Crippen LogP contribution in [0.3, 0.4) is 0 Å². The van der Waals surface area contributed by atoms with Crippen molar-refractivity contribution in [3.05, 3.63) is 59.2 Å². The number of hydrogen-bond donors (Lipinski definition) is 1. The van der Waals surface area contributed by atoms with E-state index in [4.69, 9.17) is 0 Å². The number of aromatic nitrogens is 1. The Hall–Kier alpha value is -2.24. The molecule has 2 aromatic carbocycles. The van der Waals surface area contributed by atoms with Gasteiger partial charge in [0.15, 0.2) is 5.13 Å². The molecule has 3 aromatic rings. The Balaban J connectivity index is 1.69. The summed E-state index contributed by atoms with van der Waals surface area (Å²) in [4.78, 5) is 19.3. The molecule has 0 aliphatic rings. The molecule has 1 aromatic heterocycles. The van der Waals surface area contributed by atoms with Crippen LogP contribution in [-0.4, -0.2) is 28.9 Å². The summed E-state index contributed by atoms with van der Waals surface area (Å²) in [6.07, 6.45) is 0. The van der Waals surface area contributed by atoms with Gasteiger partial charge in [-0.25, -0.2) is 4.98 Å². The normalized spacial score (nSPS) is 11.2. The highest BCUT2D eigenvalue weighted by atomic mass is 32.1. The summed E-state index contributed by atoms with van der Waals surface area (Å²) < 4.78 is 1.09. The van der Waals surface area contributed by atoms with Crippen LogP contribution >= 0.6 is 11.3 Å². The van der Waals surface area contributed by atoms with E-state index in [1.165, 1.54) is 22.5 Å². The topological polar surface area (TPSA) is 45.2 Å². The maximum Gasteiger partial charge on any atom is 0.257 e. The van der Waals surface area contributed by atoms with Crippen LogP contribution in [0, 0.1) is 6.92 Å². The molecule has 0 spiro atoms. The zero-order chi connectivity index (χ0) is 17.8. The summed E-state index contributed by atoms with van der Waals surface area (Å²) in [5.41, 5.74) is 3.98. The summed E-state index contributed by atoms with van der Waals surface area (Å²) in [5, 5.41) is 3.54. The van der Waals surface area contributed by atoms with E-state index in [0.29, 0.717) is 10.7 Å². The van der Waals surface area contributed by atoms with Crippen LogP contribution in [0.4, 0.5) is 5.13 Å². The molecule has 1 heterocycles. The standard InChI is InChI=1S/C20H23N3OS/c1-4-23(5-2)13-15-7-9-16(10-8-15)19(24)22-20-21-17-11-6-14(3)12-18(17)25-20/h6-12H,4-5,13H2,1-3H3,(H,21,22,24). The van der Waals surface area contributed by atoms with Crippen molar-refractivity contribution in [1.29, 1.82) is 0 Å². The number of aryl methyl sites for hydroxylation is 1. The number of anilines is 1. The molecule has 0 atom stereocenters. The van der Waals surface area contributed by atoms with Crippen molar-refractivity contribution in [3.63, 3.8) is 0 Å². The van der Waals surface area contributed by atoms with Crippen LogP contribution in [0.2, 0.25) is 0 Å². The molecule has 25 heavy (non-hydrogen) atoms. The van der Waals surface area contributed by atoms with Crippen molar-refractivity contribution in [2.45, 2.75) is 27.3 Å². The quantitative estimate of drug-likeness (QED) is 0.699. The number of fused-ring (bicyclic) bond motifs is 1. The molecule has 4 nitrogen and oxygen atoms in total. The molecule has 0 unspecified atom stereocenters. The van der Waals surface area contributed by atoms with Gasteiger partial charge in [-0.1, -0.05) is 43.4 Å². The molecule has 0 bridgehead atoms. The molecule has 1 N–H and O–H groups in total. The Kier molecular flexibility index (Phi) is 5.46. The minimum absolute atomic E-state index is 0.120. The predicted molar refractivity (Wildman–Crippen MR) is 105 cm³/mol. The first-order valence-corrected chi connectivity index (χ1v) is 9.40. The highest BCUT2D eigenvalue weighted by molar-refractivity contribution is 7.22. The Bertz CT molecular complexity index is 866. The first kappa shape index (κ1) is 17.6. The predicted octanol–water partition coefficient (Wildman–Crippen LogP) is 4.70. The number of nitrogens with zero attached hydrogens (tertiary/aromatic N) is 2. The summed E-state index contributed by atoms with van der Waals surface area (Å²) in [6, 6.07) is 13.9. The van der Waals surface area contributed by atoms with E-state index >= 15 is 0 Å². The van der Waals surface area contributed by atoms with E-state index in [9.17, 15) is 4.79 Å². The Morgan fingerprint density at radius 1 is 1.12 bits per heavy atom. The molecule has 0 fully saturated rings. The number of thiazole rings is 1. The molecule has 0 aliphatic heterocycles. The number of rotatable bonds is 6. The third-order valence-electron chi connectivity index (χ3n) is 4.28. The minimum atomic E-state index is -0.120. The Labute approximate surface area is 152 Å². The third-order valence-corrected chi connectivity index (χ3v) is 5.21. The fraction of sp³-hybridized carbons (Fsp3) is 0.300. The van der Waals surface area contributed by atoms with E-state index in [1.54, 1.807) is 0 Å². The lowest BCUT2D eigenvalue weighted by Crippen LogP contribution is -2.22. The van der Waals surface area contributed by atoms with Crippen molar-refractivity contribution in [3.8, 4) is 0 Å². The van der Waals surface area contributed by atoms with Crippen LogP contribution in [0.5, 0.6) is 0 Å². The highest BCUT2D eigenvalue weighted by Gasteiger charge is 2.10. The summed E-state index contributed by atoms with van der Waals surface area (Å²) >= 11 is 1.50. The number of nitrogens with one attached hydrogen (secondary N) is 1. The first-order chi connectivity index (χ1) is 12.1. The maximum atomic E-state index is 12.4. The average molecular weight is 353 g/mol. The van der Waals surface area contributed by atoms with Gasteiger partial charge in [-0.05, 0) is 55.4 Å². The summed E-state index contributed by atoms with van der Waals surface area (Å²) in [6.45, 7) is 9.32. The van der Waals surface area contributed by atoms with Gasteiger partial charge in [-0.15, -0.1) is 0 Å². The van der Waals surface area contributed by atoms with Crippen LogP contribution in [0.15, 0.2) is 42.5 Å². The van der Waals surface area contributed by atoms with Crippen molar-refractivity contribution < 1.29 is 4.79 Å². The van der Waals surface area contributed by atoms with Gasteiger partial charge in [0.1, 0.15) is 0 Å². The fourth-order valence-electron chi connectivity index (χ4n) is 2.72. The average Bonchev–Trinajstić information content (AvgIpc) is 3.01. The Morgan fingerprint density at radius 2 is 1.84 bits per heavy atom. The summed E-state index contributed by atoms with van der Waals surface area (Å²) in [5.74, 6) is -0.120. The van der Waals surface area contributed by atoms with E-state index in [2.05, 4.69) is 42.0 Å². The second-order valence-corrected chi connectivity index (χ2v) is 7.13. The van der Waals surface area contributed by atoms with Gasteiger partial charge in [0.25, 0.3) is 5.91 Å². The number of hydrogen-bond acceptors (Lipinski definition) is 4. The molecule has 1 amide bonds. The maximum absolute atomic E-state index is 12.4. The zero-order valence-corrected chi connectivity index (χ0v) is 15.7. The van der Waals surface area contributed by atoms with E-state index in [-0.39, 0.29) is 5.91 Å². The lowest BCUT2D eigenvalue weighted by Gasteiger charge is -2.17. The van der Waals surface area contributed by atoms with Gasteiger partial charge in [0, 0.05) is 12.1 Å². The molecule has 3 rings (SSSR count). The fourth-order valence-corrected chi connectivity index (χ4v) is 3.68. The number of carbonyl (C=O) groups is 1. The van der Waals surface area contributed by atoms with Gasteiger partial charge in [0.2, 0.25) is 0 Å². The minimum Gasteiger partial charge on any atom is -0.300 e. The van der Waals surface area contributed by atoms with Gasteiger partial charge < -0.3 is 0 Å². The van der Waals surface area contributed by atoms with E-state index in [1.807, 2.05) is 36.4 Å². The molecule has 5 heteroatoms. The molecular formula is C20H23N3OS. The molecular weight excluding hydrogens is 330 g/mol. The SMILES string of the molecule is CCN(CC)Cc1ccc(C(=O)Nc2nc3ccc(C)cc3s2)cc1. The monoisotopic (exact) mass is 353 g/mol. The third kappa shape index (κ3) is 4.24. The first-order valence-electron chi connectivity index (χ1n) is 8.59. The number of carbonyl (C=O) groups excluding carboxylic acids is 1. The van der Waals surface area contributed by atoms with Crippen LogP contribution in [-0.2, 0) is 6.54 Å². The lowest BCUT2D eigenvalue weighted by molar-refractivity contribution is 0.102. The van der Waals surface area contributed by atoms with Crippen LogP contribution < -0.4 is 5.32 Å². The van der Waals surface area contributed by atoms with Crippen molar-refractivity contribution in [2.24, 2.45) is 0 Å². The van der Waals surface area contributed by atoms with Crippen molar-refractivity contribution in [2.75, 3.05) is 18.4 Å². The van der Waals surface area contributed by atoms with E-state index in [0.717, 1.165) is 29.9 Å². The highest BCUT2D eigenvalue weighted by Crippen LogP contribution is 2.27. The van der Waals surface area contributed by atoms with Gasteiger partial charge >= 0.3 is 0 Å². The Morgan fingerprint density at radius 3 is 2.52 bits per heavy atom. The van der Waals surface area contributed by atoms with Gasteiger partial charge in [-0.2, -0.15) is 0 Å². The van der Waals surface area contributed by atoms with Gasteiger partial charge in [0.05, 0.1) is 10.2 Å². The second kappa shape index (κ2) is 7.76. The van der Waals surface area contributed by atoms with Crippen LogP contribution in [0.25, 0.3) is 10.2 Å². The second-order valence-electron chi connectivity index (χ2n) is 6.10. The van der Waals surface area contributed by atoms with E-state index < -0.39 is 0 Å². The smallest absolute Gasteiger partial charge is 0.257 e. The molecule has 0 aliphatic carbocycles. The largest absolute Gasteiger partial charge is 0.300 e. The molecule has 0 saturated carbocycles. The zero-order valence-electron chi connectivity index (χ0n) is 14.9. The van der Waals surface area contributed by atoms with Crippen LogP contribution in [0.1, 0.15) is 35.3 Å². The van der Waals surface area contributed by atoms with Crippen molar-refractivity contribution in [1.82, 2.24) is 9.88 Å². The molecule has 0 saturated heterocycles. The number of amides is 1.